The molecule has 1 aliphatic heterocycles. The van der Waals surface area contributed by atoms with Crippen molar-refractivity contribution in [3.05, 3.63) is 41.4 Å². The van der Waals surface area contributed by atoms with E-state index in [0.29, 0.717) is 47.7 Å². The molecule has 2 N–H and O–H groups in total. The van der Waals surface area contributed by atoms with E-state index in [1.807, 2.05) is 6.92 Å². The van der Waals surface area contributed by atoms with E-state index in [-0.39, 0.29) is 5.91 Å². The summed E-state index contributed by atoms with van der Waals surface area (Å²) in [5.74, 6) is 1.88. The molecule has 0 aliphatic carbocycles. The van der Waals surface area contributed by atoms with E-state index in [2.05, 4.69) is 4.98 Å². The van der Waals surface area contributed by atoms with Crippen molar-refractivity contribution in [3.8, 4) is 11.5 Å². The molecule has 2 aromatic rings. The molecule has 1 unspecified atom stereocenters. The maximum absolute atomic E-state index is 12.6. The molecule has 2 heterocycles. The number of amides is 1. The number of hydrogen-bond acceptors (Lipinski definition) is 5. The molecule has 6 nitrogen and oxygen atoms in total. The average molecular weight is 348 g/mol. The molecule has 0 saturated carbocycles. The van der Waals surface area contributed by atoms with Crippen molar-refractivity contribution < 1.29 is 14.3 Å². The van der Waals surface area contributed by atoms with Gasteiger partial charge in [0.2, 0.25) is 0 Å². The number of nitrogens with zero attached hydrogens (tertiary/aromatic N) is 2. The Morgan fingerprint density at radius 3 is 2.75 bits per heavy atom. The minimum absolute atomic E-state index is 0.136. The second-order valence-electron chi connectivity index (χ2n) is 5.36. The average Bonchev–Trinajstić information content (AvgIpc) is 2.58. The molecule has 126 valence electrons. The van der Waals surface area contributed by atoms with Crippen LogP contribution in [0.4, 0.5) is 11.6 Å². The molecule has 3 rings (SSSR count). The first kappa shape index (κ1) is 16.4. The molecule has 0 bridgehead atoms. The van der Waals surface area contributed by atoms with Gasteiger partial charge in [0.25, 0.3) is 5.91 Å². The number of aromatic nitrogens is 1. The van der Waals surface area contributed by atoms with Crippen LogP contribution in [0, 0.1) is 0 Å². The highest BCUT2D eigenvalue weighted by Gasteiger charge is 2.34. The van der Waals surface area contributed by atoms with Crippen LogP contribution in [0.15, 0.2) is 36.4 Å². The lowest BCUT2D eigenvalue weighted by molar-refractivity contribution is -0.126. The van der Waals surface area contributed by atoms with Gasteiger partial charge in [-0.3, -0.25) is 9.69 Å². The van der Waals surface area contributed by atoms with Crippen LogP contribution in [0.25, 0.3) is 0 Å². The highest BCUT2D eigenvalue weighted by atomic mass is 35.5. The van der Waals surface area contributed by atoms with E-state index in [4.69, 9.17) is 26.8 Å². The molecular formula is C17H18ClN3O3. The molecule has 1 aliphatic rings. The fourth-order valence-electron chi connectivity index (χ4n) is 2.48. The van der Waals surface area contributed by atoms with Gasteiger partial charge in [-0.2, -0.15) is 0 Å². The van der Waals surface area contributed by atoms with Crippen LogP contribution in [0.1, 0.15) is 13.3 Å². The fraction of sp³-hybridized carbons (Fsp3) is 0.294. The SMILES string of the molecule is CCC1Oc2ccc(N)nc2N(CCOc2ccc(Cl)cc2)C1=O. The van der Waals surface area contributed by atoms with Gasteiger partial charge in [0.1, 0.15) is 18.2 Å². The van der Waals surface area contributed by atoms with Crippen molar-refractivity contribution in [2.75, 3.05) is 23.8 Å². The second-order valence-corrected chi connectivity index (χ2v) is 5.80. The molecule has 1 aromatic carbocycles. The molecule has 0 radical (unpaired) electrons. The first-order valence-electron chi connectivity index (χ1n) is 7.71. The number of carbonyl (C=O) groups excluding carboxylic acids is 1. The summed E-state index contributed by atoms with van der Waals surface area (Å²) < 4.78 is 11.4. The van der Waals surface area contributed by atoms with Crippen LogP contribution in [0.3, 0.4) is 0 Å². The van der Waals surface area contributed by atoms with Gasteiger partial charge in [-0.25, -0.2) is 4.98 Å². The number of halogens is 1. The molecule has 7 heteroatoms. The van der Waals surface area contributed by atoms with Gasteiger partial charge in [0.15, 0.2) is 17.7 Å². The summed E-state index contributed by atoms with van der Waals surface area (Å²) >= 11 is 5.85. The highest BCUT2D eigenvalue weighted by Crippen LogP contribution is 2.33. The van der Waals surface area contributed by atoms with Gasteiger partial charge in [0, 0.05) is 5.02 Å². The van der Waals surface area contributed by atoms with E-state index >= 15 is 0 Å². The number of benzene rings is 1. The number of hydrogen-bond donors (Lipinski definition) is 1. The molecular weight excluding hydrogens is 330 g/mol. The number of anilines is 2. The molecule has 1 atom stereocenters. The zero-order valence-electron chi connectivity index (χ0n) is 13.2. The van der Waals surface area contributed by atoms with Crippen LogP contribution >= 0.6 is 11.6 Å². The van der Waals surface area contributed by atoms with Gasteiger partial charge >= 0.3 is 0 Å². The van der Waals surface area contributed by atoms with Crippen LogP contribution < -0.4 is 20.1 Å². The van der Waals surface area contributed by atoms with Gasteiger partial charge in [-0.15, -0.1) is 0 Å². The molecule has 24 heavy (non-hydrogen) atoms. The zero-order valence-corrected chi connectivity index (χ0v) is 14.0. The van der Waals surface area contributed by atoms with Crippen LogP contribution in [-0.4, -0.2) is 30.1 Å². The van der Waals surface area contributed by atoms with Crippen molar-refractivity contribution in [2.45, 2.75) is 19.4 Å². The lowest BCUT2D eigenvalue weighted by Gasteiger charge is -2.33. The number of pyridine rings is 1. The van der Waals surface area contributed by atoms with E-state index in [9.17, 15) is 4.79 Å². The lowest BCUT2D eigenvalue weighted by Crippen LogP contribution is -2.47. The monoisotopic (exact) mass is 347 g/mol. The van der Waals surface area contributed by atoms with Crippen molar-refractivity contribution in [2.24, 2.45) is 0 Å². The van der Waals surface area contributed by atoms with Crippen LogP contribution in [-0.2, 0) is 4.79 Å². The minimum atomic E-state index is -0.515. The van der Waals surface area contributed by atoms with E-state index in [1.54, 1.807) is 41.3 Å². The predicted molar refractivity (Wildman–Crippen MR) is 92.7 cm³/mol. The third-order valence-electron chi connectivity index (χ3n) is 3.70. The summed E-state index contributed by atoms with van der Waals surface area (Å²) in [6.45, 7) is 2.57. The number of nitrogens with two attached hydrogens (primary N) is 1. The Balaban J connectivity index is 1.74. The maximum atomic E-state index is 12.6. The molecule has 0 saturated heterocycles. The maximum Gasteiger partial charge on any atom is 0.269 e. The first-order chi connectivity index (χ1) is 11.6. The molecule has 1 amide bonds. The zero-order chi connectivity index (χ0) is 17.1. The minimum Gasteiger partial charge on any atom is -0.492 e. The summed E-state index contributed by atoms with van der Waals surface area (Å²) in [7, 11) is 0. The van der Waals surface area contributed by atoms with Crippen LogP contribution in [0.2, 0.25) is 5.02 Å². The van der Waals surface area contributed by atoms with Crippen molar-refractivity contribution >= 4 is 29.1 Å². The standard InChI is InChI=1S/C17H18ClN3O3/c1-2-13-17(22)21(16-14(24-13)7-8-15(19)20-16)9-10-23-12-5-3-11(18)4-6-12/h3-8,13H,2,9-10H2,1H3,(H2,19,20). The van der Waals surface area contributed by atoms with Crippen molar-refractivity contribution in [1.29, 1.82) is 0 Å². The normalized spacial score (nSPS) is 16.5. The Morgan fingerprint density at radius 2 is 2.04 bits per heavy atom. The third-order valence-corrected chi connectivity index (χ3v) is 3.95. The largest absolute Gasteiger partial charge is 0.492 e. The quantitative estimate of drug-likeness (QED) is 0.899. The van der Waals surface area contributed by atoms with Gasteiger partial charge in [-0.05, 0) is 42.8 Å². The molecule has 0 spiro atoms. The Labute approximate surface area is 145 Å². The number of fused-ring (bicyclic) bond motifs is 1. The van der Waals surface area contributed by atoms with Crippen molar-refractivity contribution in [1.82, 2.24) is 4.98 Å². The number of ether oxygens (including phenoxy) is 2. The fourth-order valence-corrected chi connectivity index (χ4v) is 2.60. The van der Waals surface area contributed by atoms with Gasteiger partial charge in [0.05, 0.1) is 6.54 Å². The van der Waals surface area contributed by atoms with E-state index < -0.39 is 6.10 Å². The highest BCUT2D eigenvalue weighted by molar-refractivity contribution is 6.30. The summed E-state index contributed by atoms with van der Waals surface area (Å²) in [5.41, 5.74) is 5.74. The summed E-state index contributed by atoms with van der Waals surface area (Å²) in [5, 5.41) is 0.644. The number of carbonyl (C=O) groups is 1. The summed E-state index contributed by atoms with van der Waals surface area (Å²) in [6.07, 6.45) is 0.0652. The Morgan fingerprint density at radius 1 is 1.29 bits per heavy atom. The summed E-state index contributed by atoms with van der Waals surface area (Å²) in [4.78, 5) is 18.4. The molecule has 1 aromatic heterocycles. The van der Waals surface area contributed by atoms with E-state index in [1.165, 1.54) is 0 Å². The Hall–Kier alpha value is -2.47. The van der Waals surface area contributed by atoms with Gasteiger partial charge in [-0.1, -0.05) is 18.5 Å². The number of rotatable bonds is 5. The van der Waals surface area contributed by atoms with E-state index in [0.717, 1.165) is 0 Å². The van der Waals surface area contributed by atoms with Gasteiger partial charge < -0.3 is 15.2 Å². The second kappa shape index (κ2) is 6.97. The molecule has 0 fully saturated rings. The van der Waals surface area contributed by atoms with Crippen LogP contribution in [0.5, 0.6) is 11.5 Å². The smallest absolute Gasteiger partial charge is 0.269 e. The third kappa shape index (κ3) is 3.38. The number of nitrogen functional groups attached to an aromatic ring is 1. The topological polar surface area (TPSA) is 77.7 Å². The lowest BCUT2D eigenvalue weighted by atomic mass is 10.2. The Kier molecular flexibility index (Phi) is 4.76. The summed E-state index contributed by atoms with van der Waals surface area (Å²) in [6, 6.07) is 10.5. The first-order valence-corrected chi connectivity index (χ1v) is 8.09. The predicted octanol–water partition coefficient (Wildman–Crippen LogP) is 2.90. The van der Waals surface area contributed by atoms with Crippen molar-refractivity contribution in [3.63, 3.8) is 0 Å². The Bertz CT molecular complexity index is 736.